The molecule has 1 aliphatic heterocycles. The van der Waals surface area contributed by atoms with Crippen LogP contribution in [0, 0.1) is 0 Å². The maximum Gasteiger partial charge on any atom is 0.208 e. The lowest BCUT2D eigenvalue weighted by atomic mass is 10.0. The minimum absolute atomic E-state index is 0.153. The van der Waals surface area contributed by atoms with Crippen LogP contribution in [-0.4, -0.2) is 66.2 Å². The van der Waals surface area contributed by atoms with Crippen LogP contribution in [0.25, 0.3) is 0 Å². The van der Waals surface area contributed by atoms with E-state index in [2.05, 4.69) is 14.7 Å². The van der Waals surface area contributed by atoms with E-state index in [-0.39, 0.29) is 6.04 Å². The smallest absolute Gasteiger partial charge is 0.208 e. The summed E-state index contributed by atoms with van der Waals surface area (Å²) in [5, 5.41) is 14.3. The zero-order valence-corrected chi connectivity index (χ0v) is 13.2. The fourth-order valence-corrected chi connectivity index (χ4v) is 3.23. The van der Waals surface area contributed by atoms with Crippen molar-refractivity contribution in [3.05, 3.63) is 18.5 Å². The van der Waals surface area contributed by atoms with Gasteiger partial charge in [-0.05, 0) is 25.5 Å². The van der Waals surface area contributed by atoms with Gasteiger partial charge in [0.2, 0.25) is 10.0 Å². The summed E-state index contributed by atoms with van der Waals surface area (Å²) in [7, 11) is -3.17. The van der Waals surface area contributed by atoms with Gasteiger partial charge < -0.3 is 5.11 Å². The lowest BCUT2D eigenvalue weighted by Gasteiger charge is -2.36. The number of sulfonamides is 1. The number of aliphatic hydroxyl groups excluding tert-OH is 1. The Balaban J connectivity index is 1.86. The number of β-amino-alcohol motifs (C(OH)–C–C–N with tert-alkyl or cyclic N) is 1. The first kappa shape index (κ1) is 16.4. The van der Waals surface area contributed by atoms with Gasteiger partial charge in [-0.15, -0.1) is 0 Å². The first-order chi connectivity index (χ1) is 9.94. The van der Waals surface area contributed by atoms with E-state index in [9.17, 15) is 13.5 Å². The van der Waals surface area contributed by atoms with Gasteiger partial charge in [0.15, 0.2) is 0 Å². The molecule has 2 N–H and O–H groups in total. The van der Waals surface area contributed by atoms with Crippen LogP contribution in [0.3, 0.4) is 0 Å². The quantitative estimate of drug-likeness (QED) is 0.718. The van der Waals surface area contributed by atoms with Gasteiger partial charge >= 0.3 is 0 Å². The summed E-state index contributed by atoms with van der Waals surface area (Å²) in [6, 6.07) is 1.98. The average molecular weight is 316 g/mol. The number of nitrogens with one attached hydrogen (secondary N) is 1. The molecule has 120 valence electrons. The minimum atomic E-state index is -3.17. The summed E-state index contributed by atoms with van der Waals surface area (Å²) in [5.74, 6) is 0. The van der Waals surface area contributed by atoms with E-state index < -0.39 is 16.1 Å². The van der Waals surface area contributed by atoms with Gasteiger partial charge in [0.1, 0.15) is 0 Å². The molecule has 0 bridgehead atoms. The van der Waals surface area contributed by atoms with Crippen molar-refractivity contribution in [2.45, 2.75) is 38.0 Å². The van der Waals surface area contributed by atoms with Crippen molar-refractivity contribution in [3.63, 3.8) is 0 Å². The molecule has 7 nitrogen and oxygen atoms in total. The third-order valence-electron chi connectivity index (χ3n) is 3.73. The van der Waals surface area contributed by atoms with Gasteiger partial charge in [0, 0.05) is 31.5 Å². The highest BCUT2D eigenvalue weighted by Crippen LogP contribution is 2.17. The highest BCUT2D eigenvalue weighted by molar-refractivity contribution is 7.88. The molecule has 0 unspecified atom stereocenters. The number of aliphatic hydroxyl groups is 1. The summed E-state index contributed by atoms with van der Waals surface area (Å²) in [6.45, 7) is 2.30. The molecule has 0 radical (unpaired) electrons. The second-order valence-corrected chi connectivity index (χ2v) is 7.48. The van der Waals surface area contributed by atoms with Crippen LogP contribution in [-0.2, 0) is 16.6 Å². The standard InChI is InChI=1S/C13H24N4O3S/c1-21(19,20)15-9-12-5-2-3-7-16(12)10-13(18)11-17-8-4-6-14-17/h4,6,8,12-13,15,18H,2-3,5,7,9-11H2,1H3/t12-,13+/m1/s1. The Morgan fingerprint density at radius 2 is 2.24 bits per heavy atom. The van der Waals surface area contributed by atoms with E-state index in [0.29, 0.717) is 19.6 Å². The number of hydrogen-bond acceptors (Lipinski definition) is 5. The first-order valence-corrected chi connectivity index (χ1v) is 9.17. The molecule has 0 saturated carbocycles. The molecular formula is C13H24N4O3S. The van der Waals surface area contributed by atoms with Gasteiger partial charge in [-0.1, -0.05) is 6.42 Å². The number of rotatable bonds is 7. The van der Waals surface area contributed by atoms with Crippen LogP contribution < -0.4 is 4.72 Å². The summed E-state index contributed by atoms with van der Waals surface area (Å²) in [6.07, 6.45) is 7.31. The molecule has 0 aromatic carbocycles. The maximum atomic E-state index is 11.2. The van der Waals surface area contributed by atoms with Crippen LogP contribution in [0.2, 0.25) is 0 Å². The number of aromatic nitrogens is 2. The molecule has 21 heavy (non-hydrogen) atoms. The molecule has 2 atom stereocenters. The second-order valence-electron chi connectivity index (χ2n) is 5.65. The number of nitrogens with zero attached hydrogens (tertiary/aromatic N) is 3. The Hall–Kier alpha value is -0.960. The largest absolute Gasteiger partial charge is 0.390 e. The molecule has 1 fully saturated rings. The van der Waals surface area contributed by atoms with Crippen molar-refractivity contribution in [3.8, 4) is 0 Å². The molecule has 2 rings (SSSR count). The molecule has 2 heterocycles. The normalized spacial score (nSPS) is 22.3. The third kappa shape index (κ3) is 5.74. The van der Waals surface area contributed by atoms with Crippen LogP contribution >= 0.6 is 0 Å². The Kier molecular flexibility index (Phi) is 5.74. The number of hydrogen-bond donors (Lipinski definition) is 2. The van der Waals surface area contributed by atoms with E-state index in [1.807, 2.05) is 12.3 Å². The Bertz CT molecular complexity index is 518. The average Bonchev–Trinajstić information content (AvgIpc) is 2.89. The molecule has 1 aliphatic rings. The number of likely N-dealkylation sites (tertiary alicyclic amines) is 1. The lowest BCUT2D eigenvalue weighted by Crippen LogP contribution is -2.49. The topological polar surface area (TPSA) is 87.5 Å². The monoisotopic (exact) mass is 316 g/mol. The summed E-state index contributed by atoms with van der Waals surface area (Å²) in [5.41, 5.74) is 0. The fourth-order valence-electron chi connectivity index (χ4n) is 2.73. The molecule has 8 heteroatoms. The predicted octanol–water partition coefficient (Wildman–Crippen LogP) is -0.352. The minimum Gasteiger partial charge on any atom is -0.390 e. The Morgan fingerprint density at radius 1 is 1.43 bits per heavy atom. The highest BCUT2D eigenvalue weighted by atomic mass is 32.2. The SMILES string of the molecule is CS(=O)(=O)NC[C@H]1CCCCN1C[C@H](O)Cn1cccn1. The van der Waals surface area contributed by atoms with Crippen molar-refractivity contribution in [1.29, 1.82) is 0 Å². The van der Waals surface area contributed by atoms with Crippen LogP contribution in [0.15, 0.2) is 18.5 Å². The van der Waals surface area contributed by atoms with Crippen LogP contribution in [0.1, 0.15) is 19.3 Å². The van der Waals surface area contributed by atoms with Crippen molar-refractivity contribution in [2.24, 2.45) is 0 Å². The lowest BCUT2D eigenvalue weighted by molar-refractivity contribution is 0.0578. The molecular weight excluding hydrogens is 292 g/mol. The number of piperidine rings is 1. The Morgan fingerprint density at radius 3 is 2.90 bits per heavy atom. The van der Waals surface area contributed by atoms with E-state index in [0.717, 1.165) is 25.8 Å². The molecule has 0 aliphatic carbocycles. The zero-order valence-electron chi connectivity index (χ0n) is 12.4. The van der Waals surface area contributed by atoms with Gasteiger partial charge in [-0.25, -0.2) is 13.1 Å². The van der Waals surface area contributed by atoms with Gasteiger partial charge in [-0.3, -0.25) is 9.58 Å². The van der Waals surface area contributed by atoms with E-state index in [1.54, 1.807) is 10.9 Å². The molecule has 1 saturated heterocycles. The van der Waals surface area contributed by atoms with Crippen LogP contribution in [0.5, 0.6) is 0 Å². The maximum absolute atomic E-state index is 11.2. The van der Waals surface area contributed by atoms with Crippen molar-refractivity contribution >= 4 is 10.0 Å². The fraction of sp³-hybridized carbons (Fsp3) is 0.769. The molecule has 1 aromatic heterocycles. The summed E-state index contributed by atoms with van der Waals surface area (Å²) in [4.78, 5) is 2.18. The predicted molar refractivity (Wildman–Crippen MR) is 80.3 cm³/mol. The first-order valence-electron chi connectivity index (χ1n) is 7.28. The summed E-state index contributed by atoms with van der Waals surface area (Å²) < 4.78 is 26.7. The molecule has 0 spiro atoms. The van der Waals surface area contributed by atoms with Crippen molar-refractivity contribution in [1.82, 2.24) is 19.4 Å². The van der Waals surface area contributed by atoms with Gasteiger partial charge in [-0.2, -0.15) is 5.10 Å². The van der Waals surface area contributed by atoms with Gasteiger partial charge in [0.25, 0.3) is 0 Å². The van der Waals surface area contributed by atoms with Crippen molar-refractivity contribution < 1.29 is 13.5 Å². The Labute approximate surface area is 126 Å². The zero-order chi connectivity index (χ0) is 15.3. The molecule has 0 amide bonds. The third-order valence-corrected chi connectivity index (χ3v) is 4.42. The van der Waals surface area contributed by atoms with E-state index in [1.165, 1.54) is 6.26 Å². The summed E-state index contributed by atoms with van der Waals surface area (Å²) >= 11 is 0. The highest BCUT2D eigenvalue weighted by Gasteiger charge is 2.25. The second kappa shape index (κ2) is 7.35. The van der Waals surface area contributed by atoms with E-state index in [4.69, 9.17) is 0 Å². The van der Waals surface area contributed by atoms with Gasteiger partial charge in [0.05, 0.1) is 18.9 Å². The van der Waals surface area contributed by atoms with E-state index >= 15 is 0 Å². The van der Waals surface area contributed by atoms with Crippen LogP contribution in [0.4, 0.5) is 0 Å². The van der Waals surface area contributed by atoms with Crippen molar-refractivity contribution in [2.75, 3.05) is 25.9 Å². The molecule has 1 aromatic rings.